The number of nitrogens with one attached hydrogen (secondary N) is 2. The van der Waals surface area contributed by atoms with Gasteiger partial charge in [-0.1, -0.05) is 5.16 Å². The first-order valence-corrected chi connectivity index (χ1v) is 14.0. The molecule has 6 N–H and O–H groups in total. The maximum atomic E-state index is 13.3. The fourth-order valence-corrected chi connectivity index (χ4v) is 5.37. The van der Waals surface area contributed by atoms with Crippen molar-refractivity contribution in [3.8, 4) is 0 Å². The zero-order valence-corrected chi connectivity index (χ0v) is 22.3. The zero-order chi connectivity index (χ0) is 28.4. The summed E-state index contributed by atoms with van der Waals surface area (Å²) in [5.74, 6) is -4.18. The third-order valence-corrected chi connectivity index (χ3v) is 7.80. The molecule has 2 aromatic heterocycles. The van der Waals surface area contributed by atoms with Gasteiger partial charge in [0.1, 0.15) is 5.69 Å². The van der Waals surface area contributed by atoms with Crippen molar-refractivity contribution < 1.29 is 37.3 Å². The number of nitrogens with zero attached hydrogens (tertiary/aromatic N) is 6. The van der Waals surface area contributed by atoms with E-state index in [9.17, 15) is 32.5 Å². The highest BCUT2D eigenvalue weighted by Gasteiger charge is 2.56. The maximum Gasteiger partial charge on any atom is 0.362 e. The van der Waals surface area contributed by atoms with Gasteiger partial charge < -0.3 is 26.3 Å². The number of nitrogen functional groups attached to an aromatic ring is 1. The number of nitrogens with two attached hydrogens (primary N) is 1. The van der Waals surface area contributed by atoms with Crippen LogP contribution in [0, 0.1) is 5.92 Å². The lowest BCUT2D eigenvalue weighted by molar-refractivity contribution is -0.153. The van der Waals surface area contributed by atoms with Crippen molar-refractivity contribution in [2.24, 2.45) is 11.1 Å². The minimum absolute atomic E-state index is 0.0165. The van der Waals surface area contributed by atoms with Crippen molar-refractivity contribution in [3.63, 3.8) is 0 Å². The summed E-state index contributed by atoms with van der Waals surface area (Å²) in [6.07, 6.45) is 1.33. The van der Waals surface area contributed by atoms with Crippen LogP contribution < -0.4 is 16.4 Å². The number of hydrogen-bond acceptors (Lipinski definition) is 14. The average molecular weight is 586 g/mol. The zero-order valence-electron chi connectivity index (χ0n) is 20.7. The summed E-state index contributed by atoms with van der Waals surface area (Å²) < 4.78 is 33.7. The third-order valence-electron chi connectivity index (χ3n) is 6.18. The highest BCUT2D eigenvalue weighted by Crippen LogP contribution is 2.40. The highest BCUT2D eigenvalue weighted by atomic mass is 32.2. The van der Waals surface area contributed by atoms with Crippen molar-refractivity contribution in [1.29, 1.82) is 0 Å². The molecule has 0 unspecified atom stereocenters. The molecule has 0 bridgehead atoms. The van der Waals surface area contributed by atoms with E-state index in [0.717, 1.165) is 17.9 Å². The van der Waals surface area contributed by atoms with Gasteiger partial charge in [0, 0.05) is 44.3 Å². The normalized spacial score (nSPS) is 20.5. The number of ketones is 1. The lowest BCUT2D eigenvalue weighted by Crippen LogP contribution is -2.64. The number of thiazole rings is 1. The number of oxime groups is 1. The summed E-state index contributed by atoms with van der Waals surface area (Å²) in [5.41, 5.74) is 4.33. The van der Waals surface area contributed by atoms with Crippen LogP contribution in [0.5, 0.6) is 0 Å². The molecule has 19 heteroatoms. The molecular formula is C20H27N9O8S2. The fourth-order valence-electron chi connectivity index (χ4n) is 3.91. The lowest BCUT2D eigenvalue weighted by Gasteiger charge is -2.43. The molecule has 1 amide bonds. The number of hydrogen-bond donors (Lipinski definition) is 5. The molecule has 1 aliphatic heterocycles. The Bertz CT molecular complexity index is 1380. The van der Waals surface area contributed by atoms with E-state index in [1.807, 2.05) is 7.05 Å². The molecule has 212 valence electrons. The quantitative estimate of drug-likeness (QED) is 0.0512. The van der Waals surface area contributed by atoms with E-state index in [1.165, 1.54) is 16.4 Å². The highest BCUT2D eigenvalue weighted by molar-refractivity contribution is 7.84. The second kappa shape index (κ2) is 11.3. The number of anilines is 1. The van der Waals surface area contributed by atoms with Crippen LogP contribution in [0.4, 0.5) is 5.13 Å². The molecule has 2 atom stereocenters. The van der Waals surface area contributed by atoms with Crippen LogP contribution in [0.2, 0.25) is 0 Å². The van der Waals surface area contributed by atoms with Crippen molar-refractivity contribution in [2.75, 3.05) is 25.9 Å². The molecule has 2 aliphatic rings. The van der Waals surface area contributed by atoms with Gasteiger partial charge in [-0.2, -0.15) is 23.4 Å². The molecule has 0 radical (unpaired) electrons. The van der Waals surface area contributed by atoms with E-state index >= 15 is 0 Å². The number of Topliss-reactive ketones (excluding diaryl/α,β-unsaturated/α-hetero) is 1. The summed E-state index contributed by atoms with van der Waals surface area (Å²) in [4.78, 5) is 47.8. The Morgan fingerprint density at radius 1 is 1.36 bits per heavy atom. The molecule has 2 aromatic rings. The van der Waals surface area contributed by atoms with Crippen LogP contribution in [-0.4, -0.2) is 97.5 Å². The average Bonchev–Trinajstić information content (AvgIpc) is 3.33. The molecule has 2 fully saturated rings. The van der Waals surface area contributed by atoms with E-state index in [4.69, 9.17) is 10.6 Å². The Kier molecular flexibility index (Phi) is 8.25. The van der Waals surface area contributed by atoms with E-state index in [2.05, 4.69) is 31.0 Å². The Balaban J connectivity index is 1.51. The van der Waals surface area contributed by atoms with Crippen molar-refractivity contribution >= 4 is 50.1 Å². The number of carbonyl (C=O) groups excluding carboxylic acids is 2. The first kappa shape index (κ1) is 28.5. The van der Waals surface area contributed by atoms with E-state index in [0.29, 0.717) is 18.8 Å². The van der Waals surface area contributed by atoms with Gasteiger partial charge in [-0.3, -0.25) is 14.1 Å². The van der Waals surface area contributed by atoms with Crippen molar-refractivity contribution in [2.45, 2.75) is 44.0 Å². The Morgan fingerprint density at radius 2 is 2.10 bits per heavy atom. The molecular weight excluding hydrogens is 558 g/mol. The molecule has 3 heterocycles. The summed E-state index contributed by atoms with van der Waals surface area (Å²) in [6.45, 7) is 1.57. The molecule has 17 nitrogen and oxygen atoms in total. The first-order valence-electron chi connectivity index (χ1n) is 11.7. The molecule has 1 saturated carbocycles. The predicted molar refractivity (Wildman–Crippen MR) is 135 cm³/mol. The van der Waals surface area contributed by atoms with Crippen molar-refractivity contribution in [3.05, 3.63) is 23.0 Å². The topological polar surface area (TPSA) is 244 Å². The van der Waals surface area contributed by atoms with Gasteiger partial charge in [0.25, 0.3) is 0 Å². The summed E-state index contributed by atoms with van der Waals surface area (Å²) in [6, 6.07) is -1.18. The molecule has 39 heavy (non-hydrogen) atoms. The number of β-lactam (4-membered cyclic amide) rings is 1. The summed E-state index contributed by atoms with van der Waals surface area (Å²) >= 11 is 1.01. The fraction of sp³-hybridized carbons (Fsp3) is 0.550. The third kappa shape index (κ3) is 6.38. The Morgan fingerprint density at radius 3 is 2.69 bits per heavy atom. The van der Waals surface area contributed by atoms with Gasteiger partial charge in [-0.15, -0.1) is 11.3 Å². The van der Waals surface area contributed by atoms with E-state index in [1.54, 1.807) is 0 Å². The number of aromatic nitrogens is 4. The summed E-state index contributed by atoms with van der Waals surface area (Å²) in [5, 5.41) is 29.1. The van der Waals surface area contributed by atoms with Gasteiger partial charge in [-0.25, -0.2) is 14.1 Å². The number of amides is 1. The standard InChI is InChI=1S/C20H27N9O8S2/c1-22-4-5-23-7-11-8-24-28(26-11)9-14-12(17(31)29(14)39(34,35)36)6-15(30)16(13-10-38-19(21)25-13)27-37-20(2-3-20)18(32)33/h8,10,12,14,22-23H,2-7,9H2,1H3,(H2,21,25)(H,32,33)(H,34,35,36)/b27-16-/t12-,14+/m0/s1. The van der Waals surface area contributed by atoms with E-state index < -0.39 is 51.9 Å². The van der Waals surface area contributed by atoms with Gasteiger partial charge in [0.15, 0.2) is 16.6 Å². The van der Waals surface area contributed by atoms with Gasteiger partial charge in [0.05, 0.1) is 30.4 Å². The number of likely N-dealkylation sites (N-methyl/N-ethyl adjacent to an activating group) is 1. The maximum absolute atomic E-state index is 13.3. The van der Waals surface area contributed by atoms with E-state index in [-0.39, 0.29) is 40.2 Å². The van der Waals surface area contributed by atoms with Gasteiger partial charge in [-0.05, 0) is 7.05 Å². The molecule has 4 rings (SSSR count). The first-order chi connectivity index (χ1) is 18.4. The predicted octanol–water partition coefficient (Wildman–Crippen LogP) is -1.75. The molecule has 0 aromatic carbocycles. The van der Waals surface area contributed by atoms with Gasteiger partial charge in [0.2, 0.25) is 11.5 Å². The number of carboxylic acid groups (broad SMARTS) is 1. The molecule has 1 aliphatic carbocycles. The van der Waals surface area contributed by atoms with Crippen LogP contribution in [0.3, 0.4) is 0 Å². The monoisotopic (exact) mass is 585 g/mol. The van der Waals surface area contributed by atoms with Crippen LogP contribution in [0.1, 0.15) is 30.7 Å². The Hall–Kier alpha value is -3.52. The second-order valence-electron chi connectivity index (χ2n) is 8.99. The minimum atomic E-state index is -4.93. The van der Waals surface area contributed by atoms with Crippen molar-refractivity contribution in [1.82, 2.24) is 34.9 Å². The lowest BCUT2D eigenvalue weighted by atomic mass is 9.84. The number of aliphatic carboxylic acids is 1. The molecule has 1 saturated heterocycles. The van der Waals surface area contributed by atoms with Crippen LogP contribution in [-0.2, 0) is 42.6 Å². The van der Waals surface area contributed by atoms with Crippen LogP contribution in [0.15, 0.2) is 16.7 Å². The molecule has 0 spiro atoms. The SMILES string of the molecule is CNCCNCc1cnn(C[C@@H]2[C@H](CC(=O)/C(=N\OC3(C(=O)O)CC3)c3csc(N)n3)C(=O)N2S(=O)(=O)O)n1. The number of carboxylic acids is 1. The smallest absolute Gasteiger partial charge is 0.362 e. The van der Waals surface area contributed by atoms with Crippen LogP contribution >= 0.6 is 11.3 Å². The number of rotatable bonds is 15. The Labute approximate surface area is 226 Å². The van der Waals surface area contributed by atoms with Gasteiger partial charge >= 0.3 is 16.3 Å². The second-order valence-corrected chi connectivity index (χ2v) is 11.2. The largest absolute Gasteiger partial charge is 0.478 e. The minimum Gasteiger partial charge on any atom is -0.478 e. The summed E-state index contributed by atoms with van der Waals surface area (Å²) in [7, 11) is -3.12. The van der Waals surface area contributed by atoms with Crippen LogP contribution in [0.25, 0.3) is 0 Å². The number of carbonyl (C=O) groups is 3.